The SMILES string of the molecule is C1=COC(c2cccs2)C=C1. The Morgan fingerprint density at radius 2 is 2.36 bits per heavy atom. The Kier molecular flexibility index (Phi) is 1.78. The van der Waals surface area contributed by atoms with E-state index in [1.807, 2.05) is 24.3 Å². The molecule has 0 aliphatic carbocycles. The van der Waals surface area contributed by atoms with Gasteiger partial charge in [-0.3, -0.25) is 0 Å². The molecule has 1 aliphatic rings. The summed E-state index contributed by atoms with van der Waals surface area (Å²) < 4.78 is 5.37. The van der Waals surface area contributed by atoms with Crippen LogP contribution in [0, 0.1) is 0 Å². The van der Waals surface area contributed by atoms with Gasteiger partial charge in [0.2, 0.25) is 0 Å². The molecule has 1 unspecified atom stereocenters. The van der Waals surface area contributed by atoms with Crippen molar-refractivity contribution in [1.82, 2.24) is 0 Å². The van der Waals surface area contributed by atoms with Gasteiger partial charge in [-0.1, -0.05) is 12.1 Å². The lowest BCUT2D eigenvalue weighted by atomic mass is 10.2. The quantitative estimate of drug-likeness (QED) is 0.620. The topological polar surface area (TPSA) is 9.23 Å². The number of hydrogen-bond donors (Lipinski definition) is 0. The van der Waals surface area contributed by atoms with E-state index in [4.69, 9.17) is 4.74 Å². The molecule has 0 aromatic carbocycles. The summed E-state index contributed by atoms with van der Waals surface area (Å²) in [6.45, 7) is 0. The Balaban J connectivity index is 2.19. The molecule has 0 saturated carbocycles. The number of thiophene rings is 1. The second kappa shape index (κ2) is 2.93. The highest BCUT2D eigenvalue weighted by Gasteiger charge is 2.08. The van der Waals surface area contributed by atoms with Crippen molar-refractivity contribution in [2.24, 2.45) is 0 Å². The molecule has 2 rings (SSSR count). The molecular weight excluding hydrogens is 156 g/mol. The van der Waals surface area contributed by atoms with Crippen LogP contribution in [0.2, 0.25) is 0 Å². The summed E-state index contributed by atoms with van der Waals surface area (Å²) in [5.74, 6) is 0. The first-order chi connectivity index (χ1) is 5.47. The van der Waals surface area contributed by atoms with Gasteiger partial charge in [-0.05, 0) is 23.6 Å². The molecule has 0 amide bonds. The van der Waals surface area contributed by atoms with Crippen LogP contribution in [-0.2, 0) is 4.74 Å². The van der Waals surface area contributed by atoms with Crippen molar-refractivity contribution in [3.8, 4) is 0 Å². The molecule has 0 N–H and O–H groups in total. The molecule has 0 saturated heterocycles. The fourth-order valence-electron chi connectivity index (χ4n) is 1.00. The minimum atomic E-state index is 0.139. The first-order valence-electron chi connectivity index (χ1n) is 3.49. The minimum absolute atomic E-state index is 0.139. The fraction of sp³-hybridized carbons (Fsp3) is 0.111. The van der Waals surface area contributed by atoms with Crippen molar-refractivity contribution >= 4 is 11.3 Å². The van der Waals surface area contributed by atoms with Crippen LogP contribution in [0.1, 0.15) is 11.0 Å². The fourth-order valence-corrected chi connectivity index (χ4v) is 1.74. The Morgan fingerprint density at radius 3 is 3.00 bits per heavy atom. The summed E-state index contributed by atoms with van der Waals surface area (Å²) in [6.07, 6.45) is 7.81. The lowest BCUT2D eigenvalue weighted by Crippen LogP contribution is -1.95. The van der Waals surface area contributed by atoms with Crippen LogP contribution in [0.15, 0.2) is 42.0 Å². The zero-order chi connectivity index (χ0) is 7.52. The molecule has 1 aromatic rings. The molecule has 0 fully saturated rings. The maximum absolute atomic E-state index is 5.37. The van der Waals surface area contributed by atoms with Crippen molar-refractivity contribution in [3.63, 3.8) is 0 Å². The molecule has 0 spiro atoms. The molecule has 1 aliphatic heterocycles. The normalized spacial score (nSPS) is 21.6. The maximum atomic E-state index is 5.37. The van der Waals surface area contributed by atoms with Gasteiger partial charge < -0.3 is 4.74 Å². The average molecular weight is 164 g/mol. The monoisotopic (exact) mass is 164 g/mol. The van der Waals surface area contributed by atoms with E-state index in [-0.39, 0.29) is 6.10 Å². The lowest BCUT2D eigenvalue weighted by Gasteiger charge is -2.12. The van der Waals surface area contributed by atoms with Gasteiger partial charge in [-0.15, -0.1) is 11.3 Å². The third kappa shape index (κ3) is 1.35. The van der Waals surface area contributed by atoms with E-state index < -0.39 is 0 Å². The Morgan fingerprint density at radius 1 is 1.36 bits per heavy atom. The zero-order valence-corrected chi connectivity index (χ0v) is 6.75. The molecule has 2 heterocycles. The van der Waals surface area contributed by atoms with Gasteiger partial charge in [0.25, 0.3) is 0 Å². The number of rotatable bonds is 1. The predicted octanol–water partition coefficient (Wildman–Crippen LogP) is 2.89. The summed E-state index contributed by atoms with van der Waals surface area (Å²) >= 11 is 1.72. The van der Waals surface area contributed by atoms with Crippen LogP contribution in [0.3, 0.4) is 0 Å². The molecule has 0 bridgehead atoms. The predicted molar refractivity (Wildman–Crippen MR) is 46.4 cm³/mol. The molecule has 1 atom stereocenters. The van der Waals surface area contributed by atoms with Crippen LogP contribution >= 0.6 is 11.3 Å². The second-order valence-corrected chi connectivity index (χ2v) is 3.26. The highest BCUT2D eigenvalue weighted by atomic mass is 32.1. The second-order valence-electron chi connectivity index (χ2n) is 2.29. The maximum Gasteiger partial charge on any atom is 0.150 e. The Hall–Kier alpha value is -1.02. The van der Waals surface area contributed by atoms with Gasteiger partial charge >= 0.3 is 0 Å². The summed E-state index contributed by atoms with van der Waals surface area (Å²) in [5, 5.41) is 2.06. The summed E-state index contributed by atoms with van der Waals surface area (Å²) in [4.78, 5) is 1.26. The van der Waals surface area contributed by atoms with E-state index in [1.54, 1.807) is 17.6 Å². The minimum Gasteiger partial charge on any atom is -0.488 e. The van der Waals surface area contributed by atoms with E-state index in [2.05, 4.69) is 11.4 Å². The van der Waals surface area contributed by atoms with Gasteiger partial charge in [0, 0.05) is 4.88 Å². The van der Waals surface area contributed by atoms with E-state index in [1.165, 1.54) is 4.88 Å². The highest BCUT2D eigenvalue weighted by Crippen LogP contribution is 2.25. The summed E-state index contributed by atoms with van der Waals surface area (Å²) in [7, 11) is 0. The van der Waals surface area contributed by atoms with Crippen molar-refractivity contribution in [1.29, 1.82) is 0 Å². The van der Waals surface area contributed by atoms with Gasteiger partial charge in [-0.25, -0.2) is 0 Å². The molecule has 11 heavy (non-hydrogen) atoms. The van der Waals surface area contributed by atoms with Crippen LogP contribution in [-0.4, -0.2) is 0 Å². The molecule has 56 valence electrons. The van der Waals surface area contributed by atoms with Crippen LogP contribution in [0.25, 0.3) is 0 Å². The van der Waals surface area contributed by atoms with Gasteiger partial charge in [0.1, 0.15) is 0 Å². The highest BCUT2D eigenvalue weighted by molar-refractivity contribution is 7.10. The van der Waals surface area contributed by atoms with Crippen molar-refractivity contribution in [3.05, 3.63) is 46.9 Å². The number of ether oxygens (including phenoxy) is 1. The smallest absolute Gasteiger partial charge is 0.150 e. The first kappa shape index (κ1) is 6.68. The average Bonchev–Trinajstić information content (AvgIpc) is 2.58. The van der Waals surface area contributed by atoms with E-state index >= 15 is 0 Å². The van der Waals surface area contributed by atoms with Crippen molar-refractivity contribution in [2.75, 3.05) is 0 Å². The molecule has 1 aromatic heterocycles. The third-order valence-corrected chi connectivity index (χ3v) is 2.46. The van der Waals surface area contributed by atoms with Gasteiger partial charge in [0.05, 0.1) is 6.26 Å². The molecule has 0 radical (unpaired) electrons. The van der Waals surface area contributed by atoms with Gasteiger partial charge in [0.15, 0.2) is 6.10 Å². The van der Waals surface area contributed by atoms with Crippen LogP contribution < -0.4 is 0 Å². The van der Waals surface area contributed by atoms with Crippen LogP contribution in [0.5, 0.6) is 0 Å². The summed E-state index contributed by atoms with van der Waals surface area (Å²) in [6, 6.07) is 4.12. The van der Waals surface area contributed by atoms with Crippen molar-refractivity contribution in [2.45, 2.75) is 6.10 Å². The van der Waals surface area contributed by atoms with Crippen LogP contribution in [0.4, 0.5) is 0 Å². The molecule has 2 heteroatoms. The van der Waals surface area contributed by atoms with Gasteiger partial charge in [-0.2, -0.15) is 0 Å². The largest absolute Gasteiger partial charge is 0.488 e. The van der Waals surface area contributed by atoms with E-state index in [0.717, 1.165) is 0 Å². The molecule has 1 nitrogen and oxygen atoms in total. The standard InChI is InChI=1S/C9H8OS/c1-2-6-10-8(4-1)9-5-3-7-11-9/h1-8H. The number of allylic oxidation sites excluding steroid dienone is 2. The first-order valence-corrected chi connectivity index (χ1v) is 4.37. The third-order valence-electron chi connectivity index (χ3n) is 1.52. The number of hydrogen-bond acceptors (Lipinski definition) is 2. The van der Waals surface area contributed by atoms with E-state index in [0.29, 0.717) is 0 Å². The Bertz CT molecular complexity index is 272. The van der Waals surface area contributed by atoms with Crippen molar-refractivity contribution < 1.29 is 4.74 Å². The molecular formula is C9H8OS. The lowest BCUT2D eigenvalue weighted by molar-refractivity contribution is 0.189. The van der Waals surface area contributed by atoms with E-state index in [9.17, 15) is 0 Å². The Labute approximate surface area is 69.6 Å². The summed E-state index contributed by atoms with van der Waals surface area (Å²) in [5.41, 5.74) is 0. The zero-order valence-electron chi connectivity index (χ0n) is 5.94.